The number of rotatable bonds is 4. The van der Waals surface area contributed by atoms with E-state index in [9.17, 15) is 0 Å². The summed E-state index contributed by atoms with van der Waals surface area (Å²) in [6.45, 7) is 12.0. The third kappa shape index (κ3) is 3.27. The first-order chi connectivity index (χ1) is 9.29. The second-order valence-electron chi connectivity index (χ2n) is 6.48. The van der Waals surface area contributed by atoms with Gasteiger partial charge < -0.3 is 4.42 Å². The summed E-state index contributed by atoms with van der Waals surface area (Å²) in [5.74, 6) is 1.12. The minimum Gasteiger partial charge on any atom is -0.409 e. The summed E-state index contributed by atoms with van der Waals surface area (Å²) >= 11 is 4.90. The maximum absolute atomic E-state index is 5.33. The third-order valence-corrected chi connectivity index (χ3v) is 7.64. The highest BCUT2D eigenvalue weighted by Crippen LogP contribution is 2.36. The molecule has 0 bridgehead atoms. The van der Waals surface area contributed by atoms with E-state index in [-0.39, 0.29) is 0 Å². The topological polar surface area (TPSA) is 41.8 Å². The molecule has 0 aliphatic carbocycles. The van der Waals surface area contributed by atoms with Gasteiger partial charge in [-0.2, -0.15) is 0 Å². The van der Waals surface area contributed by atoms with Gasteiger partial charge in [0.05, 0.1) is 0 Å². The number of nitrogens with zero attached hydrogens (tertiary/aromatic N) is 1. The van der Waals surface area contributed by atoms with Gasteiger partial charge >= 0.3 is 0 Å². The SMILES string of the molecule is CC(c1ccc(-c2n[nH]c(=S)o2)cc1)C(C)[Si](C)(C)C. The summed E-state index contributed by atoms with van der Waals surface area (Å²) in [6.07, 6.45) is 0. The lowest BCUT2D eigenvalue weighted by molar-refractivity contribution is 0.552. The van der Waals surface area contributed by atoms with Gasteiger partial charge in [0.1, 0.15) is 0 Å². The monoisotopic (exact) mass is 306 g/mol. The van der Waals surface area contributed by atoms with E-state index in [1.54, 1.807) is 0 Å². The van der Waals surface area contributed by atoms with Crippen molar-refractivity contribution >= 4 is 20.3 Å². The lowest BCUT2D eigenvalue weighted by Gasteiger charge is -2.31. The maximum Gasteiger partial charge on any atom is 0.284 e. The zero-order valence-corrected chi connectivity index (χ0v) is 14.5. The molecule has 0 fully saturated rings. The molecule has 2 unspecified atom stereocenters. The van der Waals surface area contributed by atoms with E-state index in [1.807, 2.05) is 0 Å². The first-order valence-electron chi connectivity index (χ1n) is 6.95. The Bertz CT molecular complexity index is 624. The zero-order chi connectivity index (χ0) is 14.9. The van der Waals surface area contributed by atoms with E-state index in [1.165, 1.54) is 5.56 Å². The Morgan fingerprint density at radius 1 is 1.15 bits per heavy atom. The Morgan fingerprint density at radius 2 is 1.75 bits per heavy atom. The van der Waals surface area contributed by atoms with Crippen molar-refractivity contribution in [2.45, 2.75) is 44.9 Å². The molecule has 1 aromatic heterocycles. The van der Waals surface area contributed by atoms with Crippen molar-refractivity contribution in [3.63, 3.8) is 0 Å². The molecule has 0 radical (unpaired) electrons. The highest BCUT2D eigenvalue weighted by atomic mass is 32.1. The van der Waals surface area contributed by atoms with Crippen LogP contribution >= 0.6 is 12.2 Å². The smallest absolute Gasteiger partial charge is 0.284 e. The van der Waals surface area contributed by atoms with Crippen LogP contribution in [0.1, 0.15) is 25.3 Å². The van der Waals surface area contributed by atoms with E-state index >= 15 is 0 Å². The number of benzene rings is 1. The summed E-state index contributed by atoms with van der Waals surface area (Å²) < 4.78 is 5.33. The normalized spacial score (nSPS) is 15.1. The molecule has 1 heterocycles. The van der Waals surface area contributed by atoms with Gasteiger partial charge in [0.2, 0.25) is 5.89 Å². The maximum atomic E-state index is 5.33. The molecule has 0 aliphatic heterocycles. The van der Waals surface area contributed by atoms with E-state index in [2.05, 4.69) is 68.0 Å². The molecule has 1 N–H and O–H groups in total. The van der Waals surface area contributed by atoms with Crippen molar-refractivity contribution in [2.75, 3.05) is 0 Å². The van der Waals surface area contributed by atoms with Crippen LogP contribution in [0.5, 0.6) is 0 Å². The number of H-pyrrole nitrogens is 1. The van der Waals surface area contributed by atoms with Gasteiger partial charge in [-0.15, -0.1) is 5.10 Å². The van der Waals surface area contributed by atoms with Crippen LogP contribution in [0.15, 0.2) is 28.7 Å². The molecule has 108 valence electrons. The Kier molecular flexibility index (Phi) is 4.30. The number of hydrogen-bond donors (Lipinski definition) is 1. The minimum absolute atomic E-state index is 0.310. The fourth-order valence-electron chi connectivity index (χ4n) is 2.32. The number of nitrogens with one attached hydrogen (secondary N) is 1. The van der Waals surface area contributed by atoms with Crippen molar-refractivity contribution < 1.29 is 4.42 Å². The van der Waals surface area contributed by atoms with Gasteiger partial charge in [0, 0.05) is 13.6 Å². The first-order valence-corrected chi connectivity index (χ1v) is 10.9. The second kappa shape index (κ2) is 5.66. The Balaban J connectivity index is 2.22. The Labute approximate surface area is 126 Å². The fourth-order valence-corrected chi connectivity index (χ4v) is 4.14. The Morgan fingerprint density at radius 3 is 2.20 bits per heavy atom. The van der Waals surface area contributed by atoms with Crippen LogP contribution in [-0.2, 0) is 0 Å². The van der Waals surface area contributed by atoms with E-state index < -0.39 is 8.07 Å². The van der Waals surface area contributed by atoms with E-state index in [4.69, 9.17) is 16.6 Å². The van der Waals surface area contributed by atoms with Crippen molar-refractivity contribution in [3.8, 4) is 11.5 Å². The zero-order valence-electron chi connectivity index (χ0n) is 12.7. The van der Waals surface area contributed by atoms with Crippen LogP contribution in [-0.4, -0.2) is 18.3 Å². The van der Waals surface area contributed by atoms with Crippen LogP contribution in [0.4, 0.5) is 0 Å². The van der Waals surface area contributed by atoms with Crippen LogP contribution in [0.2, 0.25) is 25.2 Å². The molecule has 2 rings (SSSR count). The predicted octanol–water partition coefficient (Wildman–Crippen LogP) is 5.23. The molecule has 0 spiro atoms. The molecule has 0 aliphatic rings. The summed E-state index contributed by atoms with van der Waals surface area (Å²) in [5, 5.41) is 6.69. The van der Waals surface area contributed by atoms with Crippen molar-refractivity contribution in [1.29, 1.82) is 0 Å². The average Bonchev–Trinajstić information content (AvgIpc) is 2.83. The van der Waals surface area contributed by atoms with Crippen molar-refractivity contribution in [2.24, 2.45) is 0 Å². The van der Waals surface area contributed by atoms with Crippen LogP contribution in [0.25, 0.3) is 11.5 Å². The third-order valence-electron chi connectivity index (χ3n) is 4.24. The van der Waals surface area contributed by atoms with Gasteiger partial charge in [-0.05, 0) is 41.4 Å². The van der Waals surface area contributed by atoms with Crippen LogP contribution in [0.3, 0.4) is 0 Å². The molecule has 20 heavy (non-hydrogen) atoms. The predicted molar refractivity (Wildman–Crippen MR) is 88.3 cm³/mol. The minimum atomic E-state index is -1.13. The lowest BCUT2D eigenvalue weighted by Crippen LogP contribution is -2.29. The molecule has 2 atom stereocenters. The van der Waals surface area contributed by atoms with Gasteiger partial charge in [0.15, 0.2) is 0 Å². The summed E-state index contributed by atoms with van der Waals surface area (Å²) in [6, 6.07) is 8.45. The number of aromatic nitrogens is 2. The molecule has 5 heteroatoms. The largest absolute Gasteiger partial charge is 0.409 e. The number of aromatic amines is 1. The molecule has 0 amide bonds. The first kappa shape index (κ1) is 15.2. The van der Waals surface area contributed by atoms with Gasteiger partial charge in [0.25, 0.3) is 4.84 Å². The molecule has 0 saturated carbocycles. The quantitative estimate of drug-likeness (QED) is 0.621. The molecule has 3 nitrogen and oxygen atoms in total. The summed E-state index contributed by atoms with van der Waals surface area (Å²) in [4.78, 5) is 0.310. The standard InChI is InChI=1S/C15H22N2OSSi/c1-10(11(2)20(3,4)5)12-6-8-13(9-7-12)14-16-17-15(19)18-14/h6-11H,1-5H3,(H,17,19). The van der Waals surface area contributed by atoms with E-state index in [0.717, 1.165) is 11.1 Å². The molecular weight excluding hydrogens is 284 g/mol. The molecule has 0 saturated heterocycles. The summed E-state index contributed by atoms with van der Waals surface area (Å²) in [5.41, 5.74) is 3.06. The van der Waals surface area contributed by atoms with Gasteiger partial charge in [-0.3, -0.25) is 0 Å². The van der Waals surface area contributed by atoms with Gasteiger partial charge in [-0.25, -0.2) is 5.10 Å². The molecule has 2 aromatic rings. The number of hydrogen-bond acceptors (Lipinski definition) is 3. The second-order valence-corrected chi connectivity index (χ2v) is 12.5. The fraction of sp³-hybridized carbons (Fsp3) is 0.467. The highest BCUT2D eigenvalue weighted by molar-refractivity contribution is 7.71. The van der Waals surface area contributed by atoms with E-state index in [0.29, 0.717) is 16.6 Å². The van der Waals surface area contributed by atoms with Crippen molar-refractivity contribution in [1.82, 2.24) is 10.2 Å². The lowest BCUT2D eigenvalue weighted by atomic mass is 9.97. The van der Waals surface area contributed by atoms with Crippen LogP contribution in [0, 0.1) is 4.84 Å². The van der Waals surface area contributed by atoms with Crippen molar-refractivity contribution in [3.05, 3.63) is 34.7 Å². The average molecular weight is 307 g/mol. The molecule has 1 aromatic carbocycles. The Hall–Kier alpha value is -1.20. The summed E-state index contributed by atoms with van der Waals surface area (Å²) in [7, 11) is -1.13. The van der Waals surface area contributed by atoms with Crippen LogP contribution < -0.4 is 0 Å². The molecular formula is C15H22N2OSSi. The van der Waals surface area contributed by atoms with Gasteiger partial charge in [-0.1, -0.05) is 45.6 Å². The highest BCUT2D eigenvalue weighted by Gasteiger charge is 2.28.